The first kappa shape index (κ1) is 14.3. The molecule has 5 aliphatic rings. The van der Waals surface area contributed by atoms with Crippen LogP contribution < -0.4 is 5.32 Å². The summed E-state index contributed by atoms with van der Waals surface area (Å²) in [5.41, 5.74) is 3.33. The fraction of sp³-hybridized carbons (Fsp3) is 0.500. The van der Waals surface area contributed by atoms with Gasteiger partial charge in [0, 0.05) is 5.69 Å². The summed E-state index contributed by atoms with van der Waals surface area (Å²) in [5, 5.41) is 3.29. The lowest BCUT2D eigenvalue weighted by molar-refractivity contribution is -0.139. The number of carbonyl (C=O) groups excluding carboxylic acids is 2. The van der Waals surface area contributed by atoms with Crippen LogP contribution in [0.25, 0.3) is 0 Å². The summed E-state index contributed by atoms with van der Waals surface area (Å²) in [5.74, 6) is 1.78. The number of hydrogen-bond acceptors (Lipinski definition) is 3. The minimum Gasteiger partial charge on any atom is -0.367 e. The van der Waals surface area contributed by atoms with E-state index in [1.807, 2.05) is 19.1 Å². The molecule has 0 radical (unpaired) electrons. The topological polar surface area (TPSA) is 49.4 Å². The lowest BCUT2D eigenvalue weighted by Gasteiger charge is -2.37. The molecule has 1 N–H and O–H groups in total. The third-order valence-corrected chi connectivity index (χ3v) is 6.56. The molecular formula is C20H22N2O2. The van der Waals surface area contributed by atoms with E-state index < -0.39 is 0 Å². The number of nitrogens with one attached hydrogen (secondary N) is 1. The first-order valence-electron chi connectivity index (χ1n) is 8.91. The molecule has 3 fully saturated rings. The largest absolute Gasteiger partial charge is 0.367 e. The van der Waals surface area contributed by atoms with E-state index in [0.717, 1.165) is 11.3 Å². The monoisotopic (exact) mass is 322 g/mol. The SMILES string of the molecule is Cc1ccc(NCN2C(=O)[C@@H]3[C@@H]4C=C[C@H]([C@@H]5C[C@H]45)[C@@H]3C2=O)c(C)c1. The second kappa shape index (κ2) is 4.71. The van der Waals surface area contributed by atoms with Gasteiger partial charge in [0.15, 0.2) is 0 Å². The fourth-order valence-corrected chi connectivity index (χ4v) is 5.35. The number of imide groups is 1. The van der Waals surface area contributed by atoms with Crippen molar-refractivity contribution in [2.45, 2.75) is 20.3 Å². The van der Waals surface area contributed by atoms with E-state index in [-0.39, 0.29) is 30.3 Å². The molecule has 124 valence electrons. The predicted molar refractivity (Wildman–Crippen MR) is 91.0 cm³/mol. The zero-order valence-corrected chi connectivity index (χ0v) is 14.0. The molecule has 0 spiro atoms. The van der Waals surface area contributed by atoms with E-state index in [1.54, 1.807) is 0 Å². The number of benzene rings is 1. The molecule has 4 nitrogen and oxygen atoms in total. The van der Waals surface area contributed by atoms with Crippen LogP contribution >= 0.6 is 0 Å². The molecule has 2 amide bonds. The maximum atomic E-state index is 12.9. The smallest absolute Gasteiger partial charge is 0.235 e. The zero-order chi connectivity index (χ0) is 16.6. The Labute approximate surface area is 141 Å². The van der Waals surface area contributed by atoms with Gasteiger partial charge in [0.05, 0.1) is 18.5 Å². The van der Waals surface area contributed by atoms with E-state index in [2.05, 4.69) is 30.5 Å². The fourth-order valence-electron chi connectivity index (χ4n) is 5.35. The van der Waals surface area contributed by atoms with Gasteiger partial charge in [-0.25, -0.2) is 0 Å². The summed E-state index contributed by atoms with van der Waals surface area (Å²) >= 11 is 0. The Bertz CT molecular complexity index is 748. The van der Waals surface area contributed by atoms with Gasteiger partial charge in [-0.1, -0.05) is 29.8 Å². The number of carbonyl (C=O) groups is 2. The second-order valence-electron chi connectivity index (χ2n) is 7.91. The number of anilines is 1. The van der Waals surface area contributed by atoms with Crippen LogP contribution in [0.5, 0.6) is 0 Å². The predicted octanol–water partition coefficient (Wildman–Crippen LogP) is 2.73. The van der Waals surface area contributed by atoms with Crippen LogP contribution in [-0.2, 0) is 9.59 Å². The zero-order valence-electron chi connectivity index (χ0n) is 14.0. The molecule has 6 atom stereocenters. The van der Waals surface area contributed by atoms with Crippen LogP contribution in [0.1, 0.15) is 17.5 Å². The van der Waals surface area contributed by atoms with Crippen molar-refractivity contribution >= 4 is 17.5 Å². The van der Waals surface area contributed by atoms with Crippen LogP contribution in [0.3, 0.4) is 0 Å². The lowest BCUT2D eigenvalue weighted by atomic mass is 9.63. The van der Waals surface area contributed by atoms with Crippen LogP contribution in [-0.4, -0.2) is 23.4 Å². The Balaban J connectivity index is 1.37. The van der Waals surface area contributed by atoms with Gasteiger partial charge in [-0.05, 0) is 55.6 Å². The van der Waals surface area contributed by atoms with Crippen LogP contribution in [0, 0.1) is 49.4 Å². The number of allylic oxidation sites excluding steroid dienone is 2. The quantitative estimate of drug-likeness (QED) is 0.688. The van der Waals surface area contributed by atoms with E-state index in [1.165, 1.54) is 16.9 Å². The van der Waals surface area contributed by atoms with Crippen molar-refractivity contribution in [3.63, 3.8) is 0 Å². The van der Waals surface area contributed by atoms with Gasteiger partial charge in [-0.2, -0.15) is 0 Å². The Hall–Kier alpha value is -2.10. The van der Waals surface area contributed by atoms with Crippen molar-refractivity contribution in [2.75, 3.05) is 12.0 Å². The van der Waals surface area contributed by atoms with E-state index in [9.17, 15) is 9.59 Å². The van der Waals surface area contributed by atoms with Gasteiger partial charge in [-0.15, -0.1) is 0 Å². The molecule has 2 saturated carbocycles. The van der Waals surface area contributed by atoms with Crippen molar-refractivity contribution in [3.8, 4) is 0 Å². The van der Waals surface area contributed by atoms with Gasteiger partial charge < -0.3 is 5.32 Å². The number of rotatable bonds is 3. The Morgan fingerprint density at radius 3 is 2.25 bits per heavy atom. The molecule has 1 aliphatic heterocycles. The van der Waals surface area contributed by atoms with Gasteiger partial charge in [0.25, 0.3) is 0 Å². The van der Waals surface area contributed by atoms with Gasteiger partial charge >= 0.3 is 0 Å². The third-order valence-electron chi connectivity index (χ3n) is 6.56. The number of amides is 2. The molecule has 1 aromatic rings. The van der Waals surface area contributed by atoms with Crippen LogP contribution in [0.4, 0.5) is 5.69 Å². The Morgan fingerprint density at radius 2 is 1.67 bits per heavy atom. The normalized spacial score (nSPS) is 38.3. The molecule has 4 heteroatoms. The second-order valence-corrected chi connectivity index (χ2v) is 7.91. The average molecular weight is 322 g/mol. The molecule has 1 saturated heterocycles. The molecule has 6 rings (SSSR count). The maximum absolute atomic E-state index is 12.9. The summed E-state index contributed by atoms with van der Waals surface area (Å²) in [6, 6.07) is 6.16. The van der Waals surface area contributed by atoms with E-state index in [4.69, 9.17) is 0 Å². The van der Waals surface area contributed by atoms with E-state index in [0.29, 0.717) is 23.7 Å². The highest BCUT2D eigenvalue weighted by Crippen LogP contribution is 2.65. The van der Waals surface area contributed by atoms with Crippen molar-refractivity contribution in [3.05, 3.63) is 41.5 Å². The molecule has 2 bridgehead atoms. The molecule has 0 unspecified atom stereocenters. The molecule has 24 heavy (non-hydrogen) atoms. The summed E-state index contributed by atoms with van der Waals surface area (Å²) in [6.45, 7) is 4.38. The minimum absolute atomic E-state index is 0.0342. The van der Waals surface area contributed by atoms with Gasteiger partial charge in [-0.3, -0.25) is 14.5 Å². The highest BCUT2D eigenvalue weighted by molar-refractivity contribution is 6.06. The highest BCUT2D eigenvalue weighted by Gasteiger charge is 2.66. The first-order valence-corrected chi connectivity index (χ1v) is 8.91. The molecule has 0 aromatic heterocycles. The number of nitrogens with zero attached hydrogens (tertiary/aromatic N) is 1. The number of hydrogen-bond donors (Lipinski definition) is 1. The van der Waals surface area contributed by atoms with Gasteiger partial charge in [0.1, 0.15) is 0 Å². The number of likely N-dealkylation sites (tertiary alicyclic amines) is 1. The van der Waals surface area contributed by atoms with Crippen LogP contribution in [0.2, 0.25) is 0 Å². The molecule has 4 aliphatic carbocycles. The summed E-state index contributed by atoms with van der Waals surface area (Å²) in [6.07, 6.45) is 5.63. The standard InChI is InChI=1S/C20H22N2O2/c1-10-3-6-16(11(2)7-10)21-9-22-19(23)17-12-4-5-13(15-8-14(12)15)18(17)20(22)24/h3-7,12-15,17-18,21H,8-9H2,1-2H3/t12-,13-,14-,15+,17-,18+/m1/s1. The Kier molecular flexibility index (Phi) is 2.80. The third kappa shape index (κ3) is 1.80. The minimum atomic E-state index is -0.0998. The summed E-state index contributed by atoms with van der Waals surface area (Å²) in [7, 11) is 0. The van der Waals surface area contributed by atoms with Crippen molar-refractivity contribution < 1.29 is 9.59 Å². The molecule has 1 heterocycles. The maximum Gasteiger partial charge on any atom is 0.235 e. The summed E-state index contributed by atoms with van der Waals surface area (Å²) in [4.78, 5) is 27.3. The average Bonchev–Trinajstić information content (AvgIpc) is 3.33. The molecule has 1 aromatic carbocycles. The van der Waals surface area contributed by atoms with Crippen molar-refractivity contribution in [2.24, 2.45) is 35.5 Å². The summed E-state index contributed by atoms with van der Waals surface area (Å²) < 4.78 is 0. The number of aryl methyl sites for hydroxylation is 2. The Morgan fingerprint density at radius 1 is 1.04 bits per heavy atom. The van der Waals surface area contributed by atoms with E-state index >= 15 is 0 Å². The van der Waals surface area contributed by atoms with Crippen molar-refractivity contribution in [1.29, 1.82) is 0 Å². The molecular weight excluding hydrogens is 300 g/mol. The van der Waals surface area contributed by atoms with Crippen molar-refractivity contribution in [1.82, 2.24) is 4.90 Å². The lowest BCUT2D eigenvalue weighted by Crippen LogP contribution is -2.40. The highest BCUT2D eigenvalue weighted by atomic mass is 16.2. The van der Waals surface area contributed by atoms with Crippen LogP contribution in [0.15, 0.2) is 30.4 Å². The first-order chi connectivity index (χ1) is 11.6. The van der Waals surface area contributed by atoms with Gasteiger partial charge in [0.2, 0.25) is 11.8 Å².